The molecule has 0 aliphatic carbocycles. The molecule has 1 unspecified atom stereocenters. The number of anilines is 1. The van der Waals surface area contributed by atoms with Gasteiger partial charge in [0.2, 0.25) is 5.56 Å². The van der Waals surface area contributed by atoms with Crippen molar-refractivity contribution < 1.29 is 38.7 Å². The summed E-state index contributed by atoms with van der Waals surface area (Å²) in [4.78, 5) is 38.6. The lowest BCUT2D eigenvalue weighted by Crippen LogP contribution is -2.21. The van der Waals surface area contributed by atoms with E-state index in [1.807, 2.05) is 48.5 Å². The number of fused-ring (bicyclic) bond motifs is 2. The number of unbranched alkanes of at least 4 members (excludes halogenated alkanes) is 1. The summed E-state index contributed by atoms with van der Waals surface area (Å²) >= 11 is 0. The summed E-state index contributed by atoms with van der Waals surface area (Å²) in [6, 6.07) is 24.8. The molecule has 6 rings (SSSR count). The third-order valence-corrected chi connectivity index (χ3v) is 8.50. The minimum absolute atomic E-state index is 0. The molecule has 268 valence electrons. The van der Waals surface area contributed by atoms with Crippen LogP contribution in [0, 0.1) is 0 Å². The Labute approximate surface area is 289 Å². The van der Waals surface area contributed by atoms with Crippen LogP contribution in [0.15, 0.2) is 98.9 Å². The molecular weight excluding hydrogens is 666 g/mol. The van der Waals surface area contributed by atoms with Crippen LogP contribution in [0.5, 0.6) is 11.5 Å². The van der Waals surface area contributed by atoms with Gasteiger partial charge in [0.1, 0.15) is 11.5 Å². The largest absolute Gasteiger partial charge is 0.506 e. The summed E-state index contributed by atoms with van der Waals surface area (Å²) < 4.78 is 12.8. The first-order valence-electron chi connectivity index (χ1n) is 15.8. The number of nitrogens with one attached hydrogen (secondary N) is 3. The molecule has 12 nitrogen and oxygen atoms in total. The predicted octanol–water partition coefficient (Wildman–Crippen LogP) is 6.06. The average Bonchev–Trinajstić information content (AvgIpc) is 3.40. The SMILES string of the molecule is COc1cc2c(cc1CNCC(O)c1ccc(O)c3[nH]c(=O)ccc13)oc(=O)n2CCCCc1ccc(-c2ccccc2)c(NC(=O)O)c1.F.F. The molecule has 0 radical (unpaired) electrons. The number of amides is 1. The Bertz CT molecular complexity index is 2250. The zero-order valence-electron chi connectivity index (χ0n) is 27.5. The van der Waals surface area contributed by atoms with Crippen molar-refractivity contribution in [3.05, 3.63) is 123 Å². The second kappa shape index (κ2) is 16.6. The minimum atomic E-state index is -1.13. The molecular formula is C37H38F2N4O8. The van der Waals surface area contributed by atoms with Crippen LogP contribution >= 0.6 is 0 Å². The molecule has 4 aromatic carbocycles. The van der Waals surface area contributed by atoms with E-state index in [-0.39, 0.29) is 32.8 Å². The van der Waals surface area contributed by atoms with Crippen LogP contribution in [0.2, 0.25) is 0 Å². The first-order chi connectivity index (χ1) is 23.7. The molecule has 6 aromatic rings. The van der Waals surface area contributed by atoms with Gasteiger partial charge in [-0.05, 0) is 60.2 Å². The summed E-state index contributed by atoms with van der Waals surface area (Å²) in [7, 11) is 1.54. The number of aromatic hydroxyl groups is 1. The van der Waals surface area contributed by atoms with E-state index >= 15 is 0 Å². The van der Waals surface area contributed by atoms with E-state index in [0.717, 1.165) is 28.7 Å². The molecule has 0 aliphatic heterocycles. The number of aromatic amines is 1. The standard InChI is InChI=1S/C37H36N4O8.2FH/c1-48-32-19-29-33(18-24(32)20-38-21-31(43)26-12-14-30(42)35-27(26)13-15-34(44)40-35)49-37(47)41(29)16-6-5-7-22-10-11-25(23-8-3-2-4-9-23)28(17-22)39-36(45)46;;/h2-4,8-15,17-19,31,38-39,42-43H,5-7,16,20-21H2,1H3,(H,40,44)(H,45,46);2*1H. The molecule has 6 N–H and O–H groups in total. The highest BCUT2D eigenvalue weighted by molar-refractivity contribution is 5.91. The quantitative estimate of drug-likeness (QED) is 0.0780. The van der Waals surface area contributed by atoms with Crippen molar-refractivity contribution in [1.82, 2.24) is 14.9 Å². The van der Waals surface area contributed by atoms with Crippen molar-refractivity contribution in [2.24, 2.45) is 0 Å². The number of pyridine rings is 1. The van der Waals surface area contributed by atoms with Gasteiger partial charge in [-0.1, -0.05) is 48.5 Å². The van der Waals surface area contributed by atoms with Gasteiger partial charge in [0.25, 0.3) is 0 Å². The van der Waals surface area contributed by atoms with Crippen LogP contribution in [0.25, 0.3) is 33.1 Å². The van der Waals surface area contributed by atoms with E-state index in [2.05, 4.69) is 15.6 Å². The van der Waals surface area contributed by atoms with Gasteiger partial charge in [-0.15, -0.1) is 0 Å². The number of hydrogen-bond acceptors (Lipinski definition) is 8. The number of methoxy groups -OCH3 is 1. The highest BCUT2D eigenvalue weighted by Gasteiger charge is 2.17. The second-order valence-corrected chi connectivity index (χ2v) is 11.7. The monoisotopic (exact) mass is 704 g/mol. The number of H-pyrrole nitrogens is 1. The molecule has 51 heavy (non-hydrogen) atoms. The van der Waals surface area contributed by atoms with E-state index in [0.29, 0.717) is 59.4 Å². The number of ether oxygens (including phenoxy) is 1. The lowest BCUT2D eigenvalue weighted by Gasteiger charge is -2.16. The normalized spacial score (nSPS) is 11.5. The third-order valence-electron chi connectivity index (χ3n) is 8.50. The van der Waals surface area contributed by atoms with Crippen LogP contribution in [0.4, 0.5) is 19.9 Å². The van der Waals surface area contributed by atoms with Crippen molar-refractivity contribution in [2.75, 3.05) is 19.0 Å². The second-order valence-electron chi connectivity index (χ2n) is 11.7. The Hall–Kier alpha value is -5.99. The number of nitrogens with zero attached hydrogens (tertiary/aromatic N) is 1. The van der Waals surface area contributed by atoms with Crippen molar-refractivity contribution in [2.45, 2.75) is 38.5 Å². The first kappa shape index (κ1) is 37.8. The number of halogens is 2. The van der Waals surface area contributed by atoms with Crippen molar-refractivity contribution in [3.63, 3.8) is 0 Å². The Morgan fingerprint density at radius 3 is 2.51 bits per heavy atom. The number of carbonyl (C=O) groups is 1. The summed E-state index contributed by atoms with van der Waals surface area (Å²) in [5, 5.41) is 36.7. The highest BCUT2D eigenvalue weighted by Crippen LogP contribution is 2.31. The molecule has 1 amide bonds. The number of aliphatic hydroxyl groups is 1. The number of aryl methyl sites for hydroxylation is 2. The van der Waals surface area contributed by atoms with Gasteiger partial charge in [-0.25, -0.2) is 9.59 Å². The number of rotatable bonds is 13. The number of phenols is 1. The van der Waals surface area contributed by atoms with Crippen molar-refractivity contribution >= 4 is 33.8 Å². The number of hydrogen-bond donors (Lipinski definition) is 6. The highest BCUT2D eigenvalue weighted by atomic mass is 19.0. The maximum Gasteiger partial charge on any atom is 0.419 e. The lowest BCUT2D eigenvalue weighted by atomic mass is 9.99. The van der Waals surface area contributed by atoms with Crippen LogP contribution in [0.1, 0.15) is 35.6 Å². The smallest absolute Gasteiger partial charge is 0.419 e. The molecule has 0 spiro atoms. The molecule has 0 fully saturated rings. The van der Waals surface area contributed by atoms with Gasteiger partial charge in [-0.3, -0.25) is 24.1 Å². The molecule has 0 saturated heterocycles. The lowest BCUT2D eigenvalue weighted by molar-refractivity contribution is 0.175. The first-order valence-corrected chi connectivity index (χ1v) is 15.8. The molecule has 0 saturated carbocycles. The van der Waals surface area contributed by atoms with E-state index < -0.39 is 18.0 Å². The Morgan fingerprint density at radius 1 is 0.980 bits per heavy atom. The number of carboxylic acid groups (broad SMARTS) is 1. The maximum atomic E-state index is 12.8. The van der Waals surface area contributed by atoms with Gasteiger partial charge >= 0.3 is 11.8 Å². The molecule has 1 atom stereocenters. The zero-order valence-corrected chi connectivity index (χ0v) is 27.5. The molecule has 0 bridgehead atoms. The van der Waals surface area contributed by atoms with E-state index in [1.54, 1.807) is 35.9 Å². The van der Waals surface area contributed by atoms with Gasteiger partial charge in [0.15, 0.2) is 5.58 Å². The number of aliphatic hydroxyl groups excluding tert-OH is 1. The fourth-order valence-electron chi connectivity index (χ4n) is 6.11. The zero-order chi connectivity index (χ0) is 34.5. The summed E-state index contributed by atoms with van der Waals surface area (Å²) in [6.07, 6.45) is 0.0560. The van der Waals surface area contributed by atoms with Gasteiger partial charge in [-0.2, -0.15) is 0 Å². The van der Waals surface area contributed by atoms with Gasteiger partial charge < -0.3 is 34.8 Å². The predicted molar refractivity (Wildman–Crippen MR) is 191 cm³/mol. The Morgan fingerprint density at radius 2 is 1.76 bits per heavy atom. The fourth-order valence-corrected chi connectivity index (χ4v) is 6.11. The molecule has 0 aliphatic rings. The number of oxazole rings is 1. The van der Waals surface area contributed by atoms with E-state index in [4.69, 9.17) is 9.15 Å². The third kappa shape index (κ3) is 8.43. The van der Waals surface area contributed by atoms with E-state index in [1.165, 1.54) is 12.1 Å². The molecule has 2 heterocycles. The fraction of sp³-hybridized carbons (Fsp3) is 0.216. The van der Waals surface area contributed by atoms with Gasteiger partial charge in [0.05, 0.1) is 29.9 Å². The Balaban J connectivity index is 0.00000292. The maximum absolute atomic E-state index is 12.8. The number of phenolic OH excluding ortho intramolecular Hbond substituents is 1. The van der Waals surface area contributed by atoms with Crippen molar-refractivity contribution in [3.8, 4) is 22.6 Å². The van der Waals surface area contributed by atoms with Crippen LogP contribution in [0.3, 0.4) is 0 Å². The van der Waals surface area contributed by atoms with Crippen LogP contribution < -0.4 is 26.7 Å². The summed E-state index contributed by atoms with van der Waals surface area (Å²) in [5.74, 6) is -0.00955. The topological polar surface area (TPSA) is 179 Å². The van der Waals surface area contributed by atoms with Crippen LogP contribution in [-0.4, -0.2) is 44.6 Å². The minimum Gasteiger partial charge on any atom is -0.506 e. The van der Waals surface area contributed by atoms with Gasteiger partial charge in [0, 0.05) is 48.3 Å². The number of aromatic nitrogens is 2. The van der Waals surface area contributed by atoms with Crippen molar-refractivity contribution in [1.29, 1.82) is 0 Å². The average molecular weight is 705 g/mol. The van der Waals surface area contributed by atoms with E-state index in [9.17, 15) is 29.7 Å². The van der Waals surface area contributed by atoms with Crippen LogP contribution in [-0.2, 0) is 19.5 Å². The Kier molecular flexibility index (Phi) is 12.3. The number of benzene rings is 4. The summed E-state index contributed by atoms with van der Waals surface area (Å²) in [5.41, 5.74) is 5.41. The summed E-state index contributed by atoms with van der Waals surface area (Å²) in [6.45, 7) is 0.890. The molecule has 2 aromatic heterocycles. The molecule has 14 heteroatoms.